The van der Waals surface area contributed by atoms with Crippen LogP contribution >= 0.6 is 39.1 Å². The lowest BCUT2D eigenvalue weighted by Gasteiger charge is -2.09. The van der Waals surface area contributed by atoms with E-state index in [0.29, 0.717) is 21.5 Å². The van der Waals surface area contributed by atoms with Crippen LogP contribution in [0.5, 0.6) is 5.75 Å². The van der Waals surface area contributed by atoms with Crippen molar-refractivity contribution in [2.75, 3.05) is 13.2 Å². The van der Waals surface area contributed by atoms with Gasteiger partial charge in [0.2, 0.25) is 0 Å². The van der Waals surface area contributed by atoms with Crippen LogP contribution < -0.4 is 4.74 Å². The molecule has 2 rings (SSSR count). The van der Waals surface area contributed by atoms with Gasteiger partial charge in [0, 0.05) is 11.2 Å². The van der Waals surface area contributed by atoms with E-state index in [1.165, 1.54) is 12.3 Å². The zero-order valence-corrected chi connectivity index (χ0v) is 13.8. The second-order valence-electron chi connectivity index (χ2n) is 3.93. The van der Waals surface area contributed by atoms with Crippen molar-refractivity contribution in [3.63, 3.8) is 0 Å². The third kappa shape index (κ3) is 4.88. The van der Waals surface area contributed by atoms with Crippen molar-refractivity contribution in [2.24, 2.45) is 0 Å². The van der Waals surface area contributed by atoms with E-state index in [-0.39, 0.29) is 13.2 Å². The molecule has 0 aliphatic heterocycles. The van der Waals surface area contributed by atoms with Crippen LogP contribution in [-0.2, 0) is 4.74 Å². The third-order valence-corrected chi connectivity index (χ3v) is 3.51. The first-order chi connectivity index (χ1) is 10.1. The average molecular weight is 391 g/mol. The summed E-state index contributed by atoms with van der Waals surface area (Å²) < 4.78 is 11.3. The third-order valence-electron chi connectivity index (χ3n) is 2.43. The quantitative estimate of drug-likeness (QED) is 0.431. The van der Waals surface area contributed by atoms with E-state index in [9.17, 15) is 4.79 Å². The molecular weight excluding hydrogens is 381 g/mol. The Morgan fingerprint density at radius 3 is 2.67 bits per heavy atom. The van der Waals surface area contributed by atoms with Crippen molar-refractivity contribution in [2.45, 2.75) is 0 Å². The molecule has 1 heterocycles. The number of nitrogens with zero attached hydrogens (tertiary/aromatic N) is 1. The molecule has 4 nitrogen and oxygen atoms in total. The van der Waals surface area contributed by atoms with Gasteiger partial charge in [0.15, 0.2) is 0 Å². The first-order valence-electron chi connectivity index (χ1n) is 5.93. The molecule has 0 saturated heterocycles. The highest BCUT2D eigenvalue weighted by atomic mass is 79.9. The Bertz CT molecular complexity index is 635. The Kier molecular flexibility index (Phi) is 5.85. The molecule has 0 fully saturated rings. The van der Waals surface area contributed by atoms with Crippen molar-refractivity contribution in [1.29, 1.82) is 0 Å². The van der Waals surface area contributed by atoms with E-state index in [4.69, 9.17) is 32.7 Å². The lowest BCUT2D eigenvalue weighted by atomic mass is 10.3. The van der Waals surface area contributed by atoms with Crippen LogP contribution in [0.25, 0.3) is 0 Å². The summed E-state index contributed by atoms with van der Waals surface area (Å²) in [6.07, 6.45) is 1.36. The fourth-order valence-electron chi connectivity index (χ4n) is 1.46. The summed E-state index contributed by atoms with van der Waals surface area (Å²) in [5.74, 6) is 0.154. The zero-order chi connectivity index (χ0) is 15.2. The standard InChI is InChI=1S/C14H10BrCl2NO3/c15-11-7-10(16)2-3-12(11)20-5-6-21-14(19)9-1-4-13(17)18-8-9/h1-4,7-8H,5-6H2. The Morgan fingerprint density at radius 1 is 1.19 bits per heavy atom. The Labute approximate surface area is 140 Å². The van der Waals surface area contributed by atoms with Crippen molar-refractivity contribution in [1.82, 2.24) is 4.98 Å². The number of halogens is 3. The first kappa shape index (κ1) is 16.1. The molecule has 7 heteroatoms. The highest BCUT2D eigenvalue weighted by Gasteiger charge is 2.08. The molecular formula is C14H10BrCl2NO3. The number of rotatable bonds is 5. The monoisotopic (exact) mass is 389 g/mol. The van der Waals surface area contributed by atoms with Gasteiger partial charge in [0.25, 0.3) is 0 Å². The summed E-state index contributed by atoms with van der Waals surface area (Å²) in [5.41, 5.74) is 0.340. The summed E-state index contributed by atoms with van der Waals surface area (Å²) in [7, 11) is 0. The fraction of sp³-hybridized carbons (Fsp3) is 0.143. The predicted octanol–water partition coefficient (Wildman–Crippen LogP) is 4.39. The van der Waals surface area contributed by atoms with Gasteiger partial charge in [-0.3, -0.25) is 0 Å². The SMILES string of the molecule is O=C(OCCOc1ccc(Cl)cc1Br)c1ccc(Cl)nc1. The van der Waals surface area contributed by atoms with Crippen molar-refractivity contribution < 1.29 is 14.3 Å². The Hall–Kier alpha value is -1.30. The number of benzene rings is 1. The minimum absolute atomic E-state index is 0.122. The molecule has 0 radical (unpaired) electrons. The maximum absolute atomic E-state index is 11.7. The van der Waals surface area contributed by atoms with Gasteiger partial charge in [-0.2, -0.15) is 0 Å². The van der Waals surface area contributed by atoms with Gasteiger partial charge in [-0.15, -0.1) is 0 Å². The maximum Gasteiger partial charge on any atom is 0.339 e. The number of pyridine rings is 1. The van der Waals surface area contributed by atoms with Gasteiger partial charge in [-0.05, 0) is 46.3 Å². The largest absolute Gasteiger partial charge is 0.489 e. The van der Waals surface area contributed by atoms with Crippen LogP contribution in [0.1, 0.15) is 10.4 Å². The number of hydrogen-bond donors (Lipinski definition) is 0. The summed E-state index contributed by atoms with van der Waals surface area (Å²) in [5, 5.41) is 0.929. The second-order valence-corrected chi connectivity index (χ2v) is 5.61. The van der Waals surface area contributed by atoms with Gasteiger partial charge >= 0.3 is 5.97 Å². The van der Waals surface area contributed by atoms with Crippen molar-refractivity contribution >= 4 is 45.1 Å². The number of aromatic nitrogens is 1. The molecule has 0 unspecified atom stereocenters. The van der Waals surface area contributed by atoms with Gasteiger partial charge in [-0.1, -0.05) is 23.2 Å². The van der Waals surface area contributed by atoms with Crippen LogP contribution in [0.3, 0.4) is 0 Å². The van der Waals surface area contributed by atoms with Crippen LogP contribution in [0.4, 0.5) is 0 Å². The molecule has 1 aromatic heterocycles. The topological polar surface area (TPSA) is 48.4 Å². The van der Waals surface area contributed by atoms with E-state index < -0.39 is 5.97 Å². The average Bonchev–Trinajstić information content (AvgIpc) is 2.46. The van der Waals surface area contributed by atoms with Crippen molar-refractivity contribution in [3.05, 3.63) is 56.7 Å². The summed E-state index contributed by atoms with van der Waals surface area (Å²) in [4.78, 5) is 15.5. The summed E-state index contributed by atoms with van der Waals surface area (Å²) in [6.45, 7) is 0.351. The van der Waals surface area contributed by atoms with E-state index >= 15 is 0 Å². The number of carbonyl (C=O) groups excluding carboxylic acids is 1. The molecule has 0 aliphatic carbocycles. The molecule has 0 saturated carbocycles. The number of hydrogen-bond acceptors (Lipinski definition) is 4. The van der Waals surface area contributed by atoms with E-state index in [2.05, 4.69) is 20.9 Å². The van der Waals surface area contributed by atoms with Crippen LogP contribution in [0, 0.1) is 0 Å². The second kappa shape index (κ2) is 7.64. The molecule has 0 amide bonds. The highest BCUT2D eigenvalue weighted by Crippen LogP contribution is 2.27. The fourth-order valence-corrected chi connectivity index (χ4v) is 2.37. The highest BCUT2D eigenvalue weighted by molar-refractivity contribution is 9.10. The lowest BCUT2D eigenvalue weighted by molar-refractivity contribution is 0.0449. The molecule has 1 aromatic carbocycles. The Morgan fingerprint density at radius 2 is 2.00 bits per heavy atom. The zero-order valence-electron chi connectivity index (χ0n) is 10.7. The summed E-state index contributed by atoms with van der Waals surface area (Å²) >= 11 is 14.8. The molecule has 0 spiro atoms. The lowest BCUT2D eigenvalue weighted by Crippen LogP contribution is -2.12. The predicted molar refractivity (Wildman–Crippen MR) is 84.2 cm³/mol. The smallest absolute Gasteiger partial charge is 0.339 e. The van der Waals surface area contributed by atoms with Gasteiger partial charge in [-0.25, -0.2) is 9.78 Å². The van der Waals surface area contributed by atoms with E-state index in [1.54, 1.807) is 24.3 Å². The van der Waals surface area contributed by atoms with E-state index in [1.807, 2.05) is 0 Å². The minimum atomic E-state index is -0.474. The van der Waals surface area contributed by atoms with Crippen LogP contribution in [-0.4, -0.2) is 24.2 Å². The van der Waals surface area contributed by atoms with Gasteiger partial charge in [0.05, 0.1) is 10.0 Å². The molecule has 0 N–H and O–H groups in total. The Balaban J connectivity index is 1.79. The van der Waals surface area contributed by atoms with Crippen molar-refractivity contribution in [3.8, 4) is 5.75 Å². The van der Waals surface area contributed by atoms with Crippen LogP contribution in [0.15, 0.2) is 41.0 Å². The van der Waals surface area contributed by atoms with Gasteiger partial charge in [0.1, 0.15) is 24.1 Å². The van der Waals surface area contributed by atoms with Gasteiger partial charge < -0.3 is 9.47 Å². The number of esters is 1. The maximum atomic E-state index is 11.7. The number of ether oxygens (including phenoxy) is 2. The molecule has 110 valence electrons. The van der Waals surface area contributed by atoms with Crippen LogP contribution in [0.2, 0.25) is 10.2 Å². The first-order valence-corrected chi connectivity index (χ1v) is 7.47. The molecule has 21 heavy (non-hydrogen) atoms. The molecule has 0 atom stereocenters. The minimum Gasteiger partial charge on any atom is -0.489 e. The number of carbonyl (C=O) groups is 1. The molecule has 2 aromatic rings. The molecule has 0 aliphatic rings. The van der Waals surface area contributed by atoms with E-state index in [0.717, 1.165) is 4.47 Å². The molecule has 0 bridgehead atoms. The normalized spacial score (nSPS) is 10.2. The summed E-state index contributed by atoms with van der Waals surface area (Å²) in [6, 6.07) is 8.25.